The van der Waals surface area contributed by atoms with Crippen LogP contribution in [0.5, 0.6) is 0 Å². The van der Waals surface area contributed by atoms with Gasteiger partial charge in [0.1, 0.15) is 0 Å². The predicted molar refractivity (Wildman–Crippen MR) is 77.9 cm³/mol. The summed E-state index contributed by atoms with van der Waals surface area (Å²) in [5.74, 6) is 0. The summed E-state index contributed by atoms with van der Waals surface area (Å²) in [6.45, 7) is 9.32. The van der Waals surface area contributed by atoms with Gasteiger partial charge in [0.25, 0.3) is 0 Å². The van der Waals surface area contributed by atoms with Gasteiger partial charge in [0, 0.05) is 19.1 Å². The summed E-state index contributed by atoms with van der Waals surface area (Å²) < 4.78 is 0. The molecule has 1 unspecified atom stereocenters. The van der Waals surface area contributed by atoms with Crippen LogP contribution in [-0.4, -0.2) is 31.1 Å². The molecule has 18 heavy (non-hydrogen) atoms. The third kappa shape index (κ3) is 3.82. The maximum atomic E-state index is 3.65. The molecule has 2 heteroatoms. The lowest BCUT2D eigenvalue weighted by atomic mass is 10.0. The van der Waals surface area contributed by atoms with Gasteiger partial charge in [-0.15, -0.1) is 0 Å². The van der Waals surface area contributed by atoms with Gasteiger partial charge in [0.05, 0.1) is 0 Å². The van der Waals surface area contributed by atoms with Crippen molar-refractivity contribution in [1.82, 2.24) is 10.2 Å². The highest BCUT2D eigenvalue weighted by atomic mass is 15.1. The van der Waals surface area contributed by atoms with E-state index in [1.54, 1.807) is 0 Å². The van der Waals surface area contributed by atoms with Crippen molar-refractivity contribution < 1.29 is 0 Å². The van der Waals surface area contributed by atoms with Crippen molar-refractivity contribution in [3.05, 3.63) is 35.4 Å². The van der Waals surface area contributed by atoms with Gasteiger partial charge < -0.3 is 10.2 Å². The van der Waals surface area contributed by atoms with Gasteiger partial charge in [0.2, 0.25) is 0 Å². The molecule has 0 spiro atoms. The Morgan fingerprint density at radius 3 is 2.61 bits per heavy atom. The van der Waals surface area contributed by atoms with Crippen LogP contribution in [-0.2, 0) is 0 Å². The minimum absolute atomic E-state index is 0.455. The molecular weight excluding hydrogens is 220 g/mol. The average Bonchev–Trinajstić information content (AvgIpc) is 2.40. The predicted octanol–water partition coefficient (Wildman–Crippen LogP) is 3.13. The second kappa shape index (κ2) is 6.91. The molecule has 0 saturated carbocycles. The Hall–Kier alpha value is -0.860. The van der Waals surface area contributed by atoms with Crippen LogP contribution in [0.2, 0.25) is 0 Å². The molecule has 1 aromatic rings. The van der Waals surface area contributed by atoms with E-state index in [0.29, 0.717) is 6.04 Å². The molecule has 1 saturated heterocycles. The molecule has 1 heterocycles. The molecule has 0 aliphatic carbocycles. The molecule has 1 atom stereocenters. The van der Waals surface area contributed by atoms with Crippen molar-refractivity contribution in [1.29, 1.82) is 0 Å². The van der Waals surface area contributed by atoms with Crippen molar-refractivity contribution >= 4 is 0 Å². The van der Waals surface area contributed by atoms with Gasteiger partial charge >= 0.3 is 0 Å². The topological polar surface area (TPSA) is 15.3 Å². The molecule has 100 valence electrons. The minimum atomic E-state index is 0.455. The smallest absolute Gasteiger partial charge is 0.0294 e. The molecule has 1 fully saturated rings. The van der Waals surface area contributed by atoms with Crippen LogP contribution in [0.1, 0.15) is 43.4 Å². The van der Waals surface area contributed by atoms with Crippen molar-refractivity contribution in [2.45, 2.75) is 39.2 Å². The van der Waals surface area contributed by atoms with E-state index in [9.17, 15) is 0 Å². The maximum absolute atomic E-state index is 3.65. The Kier molecular flexibility index (Phi) is 5.21. The number of aryl methyl sites for hydroxylation is 1. The molecule has 0 radical (unpaired) electrons. The first-order valence-electron chi connectivity index (χ1n) is 7.28. The zero-order valence-corrected chi connectivity index (χ0v) is 11.8. The summed E-state index contributed by atoms with van der Waals surface area (Å²) in [7, 11) is 0. The molecule has 1 aliphatic heterocycles. The summed E-state index contributed by atoms with van der Waals surface area (Å²) in [5.41, 5.74) is 2.81. The van der Waals surface area contributed by atoms with Crippen LogP contribution in [0.4, 0.5) is 0 Å². The van der Waals surface area contributed by atoms with Crippen LogP contribution in [0.25, 0.3) is 0 Å². The average molecular weight is 246 g/mol. The SMILES string of the molecule is Cc1ccccc1C(C)NCCN1CCCCC1. The summed E-state index contributed by atoms with van der Waals surface area (Å²) in [4.78, 5) is 2.58. The fraction of sp³-hybridized carbons (Fsp3) is 0.625. The second-order valence-corrected chi connectivity index (χ2v) is 5.43. The standard InChI is InChI=1S/C16H26N2/c1-14-8-4-5-9-16(14)15(2)17-10-13-18-11-6-3-7-12-18/h4-5,8-9,15,17H,3,6-7,10-13H2,1-2H3. The fourth-order valence-electron chi connectivity index (χ4n) is 2.80. The normalized spacial score (nSPS) is 18.8. The van der Waals surface area contributed by atoms with E-state index in [2.05, 4.69) is 48.3 Å². The van der Waals surface area contributed by atoms with Gasteiger partial charge in [-0.2, -0.15) is 0 Å². The van der Waals surface area contributed by atoms with Gasteiger partial charge in [-0.1, -0.05) is 30.7 Å². The minimum Gasteiger partial charge on any atom is -0.309 e. The van der Waals surface area contributed by atoms with Crippen molar-refractivity contribution in [3.63, 3.8) is 0 Å². The molecule has 0 amide bonds. The quantitative estimate of drug-likeness (QED) is 0.858. The highest BCUT2D eigenvalue weighted by Crippen LogP contribution is 2.16. The van der Waals surface area contributed by atoms with Crippen LogP contribution in [0.15, 0.2) is 24.3 Å². The zero-order valence-electron chi connectivity index (χ0n) is 11.8. The second-order valence-electron chi connectivity index (χ2n) is 5.43. The lowest BCUT2D eigenvalue weighted by Crippen LogP contribution is -2.36. The molecular formula is C16H26N2. The number of benzene rings is 1. The van der Waals surface area contributed by atoms with E-state index in [0.717, 1.165) is 6.54 Å². The Bertz CT molecular complexity index is 356. The first-order chi connectivity index (χ1) is 8.77. The number of piperidine rings is 1. The lowest BCUT2D eigenvalue weighted by Gasteiger charge is -2.27. The van der Waals surface area contributed by atoms with Crippen LogP contribution >= 0.6 is 0 Å². The van der Waals surface area contributed by atoms with E-state index >= 15 is 0 Å². The van der Waals surface area contributed by atoms with Gasteiger partial charge in [-0.05, 0) is 50.9 Å². The van der Waals surface area contributed by atoms with E-state index < -0.39 is 0 Å². The van der Waals surface area contributed by atoms with Crippen LogP contribution in [0.3, 0.4) is 0 Å². The summed E-state index contributed by atoms with van der Waals surface area (Å²) in [6.07, 6.45) is 4.18. The highest BCUT2D eigenvalue weighted by molar-refractivity contribution is 5.28. The number of hydrogen-bond acceptors (Lipinski definition) is 2. The van der Waals surface area contributed by atoms with Crippen molar-refractivity contribution in [2.24, 2.45) is 0 Å². The molecule has 2 rings (SSSR count). The Morgan fingerprint density at radius 1 is 1.17 bits per heavy atom. The monoisotopic (exact) mass is 246 g/mol. The first-order valence-corrected chi connectivity index (χ1v) is 7.28. The third-order valence-electron chi connectivity index (χ3n) is 3.98. The number of hydrogen-bond donors (Lipinski definition) is 1. The third-order valence-corrected chi connectivity index (χ3v) is 3.98. The molecule has 0 aromatic heterocycles. The van der Waals surface area contributed by atoms with E-state index in [4.69, 9.17) is 0 Å². The van der Waals surface area contributed by atoms with Gasteiger partial charge in [-0.3, -0.25) is 0 Å². The largest absolute Gasteiger partial charge is 0.309 e. The fourth-order valence-corrected chi connectivity index (χ4v) is 2.80. The van der Waals surface area contributed by atoms with E-state index in [1.807, 2.05) is 0 Å². The summed E-state index contributed by atoms with van der Waals surface area (Å²) in [5, 5.41) is 3.65. The molecule has 1 aromatic carbocycles. The number of nitrogens with one attached hydrogen (secondary N) is 1. The first kappa shape index (κ1) is 13.6. The van der Waals surface area contributed by atoms with Crippen LogP contribution in [0, 0.1) is 6.92 Å². The number of likely N-dealkylation sites (tertiary alicyclic amines) is 1. The van der Waals surface area contributed by atoms with Crippen molar-refractivity contribution in [3.8, 4) is 0 Å². The summed E-state index contributed by atoms with van der Waals surface area (Å²) in [6, 6.07) is 9.12. The molecule has 2 nitrogen and oxygen atoms in total. The van der Waals surface area contributed by atoms with Crippen molar-refractivity contribution in [2.75, 3.05) is 26.2 Å². The summed E-state index contributed by atoms with van der Waals surface area (Å²) >= 11 is 0. The maximum Gasteiger partial charge on any atom is 0.0294 e. The Labute approximate surface area is 111 Å². The van der Waals surface area contributed by atoms with E-state index in [1.165, 1.54) is 50.0 Å². The molecule has 0 bridgehead atoms. The highest BCUT2D eigenvalue weighted by Gasteiger charge is 2.11. The van der Waals surface area contributed by atoms with Gasteiger partial charge in [0.15, 0.2) is 0 Å². The van der Waals surface area contributed by atoms with E-state index in [-0.39, 0.29) is 0 Å². The van der Waals surface area contributed by atoms with Gasteiger partial charge in [-0.25, -0.2) is 0 Å². The number of nitrogens with zero attached hydrogens (tertiary/aromatic N) is 1. The number of rotatable bonds is 5. The Balaban J connectivity index is 1.74. The van der Waals surface area contributed by atoms with Crippen LogP contribution < -0.4 is 5.32 Å². The Morgan fingerprint density at radius 2 is 1.89 bits per heavy atom. The zero-order chi connectivity index (χ0) is 12.8. The lowest BCUT2D eigenvalue weighted by molar-refractivity contribution is 0.227. The molecule has 1 N–H and O–H groups in total. The molecule has 1 aliphatic rings.